The van der Waals surface area contributed by atoms with Crippen LogP contribution in [0.15, 0.2) is 29.2 Å². The molecule has 0 saturated carbocycles. The predicted octanol–water partition coefficient (Wildman–Crippen LogP) is 1.36. The van der Waals surface area contributed by atoms with Crippen LogP contribution in [-0.2, 0) is 10.0 Å². The fourth-order valence-corrected chi connectivity index (χ4v) is 3.21. The molecule has 0 amide bonds. The van der Waals surface area contributed by atoms with Crippen LogP contribution in [-0.4, -0.2) is 38.9 Å². The maximum atomic E-state index is 12.2. The van der Waals surface area contributed by atoms with Gasteiger partial charge in [0.25, 0.3) is 0 Å². The van der Waals surface area contributed by atoms with Crippen molar-refractivity contribution in [3.05, 3.63) is 29.3 Å². The quantitative estimate of drug-likeness (QED) is 0.896. The molecule has 96 valence electrons. The van der Waals surface area contributed by atoms with Crippen LogP contribution in [0.25, 0.3) is 0 Å². The van der Waals surface area contributed by atoms with Crippen molar-refractivity contribution in [1.29, 1.82) is 0 Å². The molecule has 1 aromatic carbocycles. The molecule has 1 aliphatic rings. The summed E-state index contributed by atoms with van der Waals surface area (Å²) in [7, 11) is -3.34. The van der Waals surface area contributed by atoms with Gasteiger partial charge in [-0.3, -0.25) is 0 Å². The largest absolute Gasteiger partial charge is 0.314 e. The molecule has 0 spiro atoms. The second kappa shape index (κ2) is 6.02. The predicted molar refractivity (Wildman–Crippen MR) is 70.3 cm³/mol. The Labute approximate surface area is 112 Å². The SMILES string of the molecule is Cl.O=S(=O)(c1ccc(Cl)cc1)N1CCNCC1. The zero-order valence-electron chi connectivity index (χ0n) is 9.10. The van der Waals surface area contributed by atoms with Gasteiger partial charge >= 0.3 is 0 Å². The lowest BCUT2D eigenvalue weighted by Gasteiger charge is -2.26. The van der Waals surface area contributed by atoms with Gasteiger partial charge in [-0.25, -0.2) is 8.42 Å². The fraction of sp³-hybridized carbons (Fsp3) is 0.400. The van der Waals surface area contributed by atoms with Gasteiger partial charge in [0, 0.05) is 31.2 Å². The second-order valence-electron chi connectivity index (χ2n) is 3.61. The molecule has 1 fully saturated rings. The van der Waals surface area contributed by atoms with Gasteiger partial charge in [0.15, 0.2) is 0 Å². The maximum Gasteiger partial charge on any atom is 0.243 e. The molecular weight excluding hydrogens is 283 g/mol. The molecule has 0 bridgehead atoms. The van der Waals surface area contributed by atoms with E-state index in [9.17, 15) is 8.42 Å². The third-order valence-corrected chi connectivity index (χ3v) is 4.69. The summed E-state index contributed by atoms with van der Waals surface area (Å²) in [6, 6.07) is 6.27. The lowest BCUT2D eigenvalue weighted by molar-refractivity contribution is 0.360. The van der Waals surface area contributed by atoms with Crippen molar-refractivity contribution in [2.45, 2.75) is 4.90 Å². The van der Waals surface area contributed by atoms with Gasteiger partial charge in [0.1, 0.15) is 0 Å². The molecular formula is C10H14Cl2N2O2S. The summed E-state index contributed by atoms with van der Waals surface area (Å²) in [5.74, 6) is 0. The molecule has 0 radical (unpaired) electrons. The third kappa shape index (κ3) is 3.33. The highest BCUT2D eigenvalue weighted by Crippen LogP contribution is 2.18. The van der Waals surface area contributed by atoms with Gasteiger partial charge in [-0.15, -0.1) is 12.4 Å². The number of hydrogen-bond donors (Lipinski definition) is 1. The van der Waals surface area contributed by atoms with Crippen LogP contribution in [0.2, 0.25) is 5.02 Å². The van der Waals surface area contributed by atoms with E-state index in [2.05, 4.69) is 5.32 Å². The van der Waals surface area contributed by atoms with Gasteiger partial charge < -0.3 is 5.32 Å². The first kappa shape index (κ1) is 14.7. The maximum absolute atomic E-state index is 12.2. The number of rotatable bonds is 2. The molecule has 1 N–H and O–H groups in total. The minimum Gasteiger partial charge on any atom is -0.314 e. The van der Waals surface area contributed by atoms with Crippen molar-refractivity contribution in [2.75, 3.05) is 26.2 Å². The van der Waals surface area contributed by atoms with E-state index < -0.39 is 10.0 Å². The number of piperazine rings is 1. The Hall–Kier alpha value is -0.330. The van der Waals surface area contributed by atoms with Gasteiger partial charge in [-0.1, -0.05) is 11.6 Å². The van der Waals surface area contributed by atoms with Gasteiger partial charge in [-0.05, 0) is 24.3 Å². The van der Waals surface area contributed by atoms with E-state index in [0.717, 1.165) is 0 Å². The molecule has 0 unspecified atom stereocenters. The van der Waals surface area contributed by atoms with Crippen LogP contribution in [0.4, 0.5) is 0 Å². The van der Waals surface area contributed by atoms with Crippen LogP contribution in [0.1, 0.15) is 0 Å². The summed E-state index contributed by atoms with van der Waals surface area (Å²) in [6.45, 7) is 2.44. The number of hydrogen-bond acceptors (Lipinski definition) is 3. The topological polar surface area (TPSA) is 49.4 Å². The highest BCUT2D eigenvalue weighted by atomic mass is 35.5. The summed E-state index contributed by atoms with van der Waals surface area (Å²) in [4.78, 5) is 0.304. The van der Waals surface area contributed by atoms with Crippen molar-refractivity contribution < 1.29 is 8.42 Å². The first-order valence-corrected chi connectivity index (χ1v) is 6.89. The van der Waals surface area contributed by atoms with Gasteiger partial charge in [0.2, 0.25) is 10.0 Å². The Morgan fingerprint density at radius 1 is 1.12 bits per heavy atom. The minimum atomic E-state index is -3.34. The molecule has 0 aliphatic carbocycles. The molecule has 1 saturated heterocycles. The Morgan fingerprint density at radius 2 is 1.65 bits per heavy atom. The molecule has 1 aromatic rings. The first-order valence-electron chi connectivity index (χ1n) is 5.07. The van der Waals surface area contributed by atoms with Crippen molar-refractivity contribution in [3.8, 4) is 0 Å². The Kier molecular flexibility index (Phi) is 5.22. The average Bonchev–Trinajstić information content (AvgIpc) is 2.31. The molecule has 1 heterocycles. The van der Waals surface area contributed by atoms with E-state index >= 15 is 0 Å². The normalized spacial score (nSPS) is 17.5. The second-order valence-corrected chi connectivity index (χ2v) is 5.98. The lowest BCUT2D eigenvalue weighted by Crippen LogP contribution is -2.46. The number of nitrogens with zero attached hydrogens (tertiary/aromatic N) is 1. The number of sulfonamides is 1. The van der Waals surface area contributed by atoms with Crippen LogP contribution >= 0.6 is 24.0 Å². The molecule has 2 rings (SSSR count). The van der Waals surface area contributed by atoms with E-state index in [1.807, 2.05) is 0 Å². The lowest BCUT2D eigenvalue weighted by atomic mass is 10.4. The number of benzene rings is 1. The molecule has 17 heavy (non-hydrogen) atoms. The van der Waals surface area contributed by atoms with E-state index in [1.54, 1.807) is 24.3 Å². The standard InChI is InChI=1S/C10H13ClN2O2S.ClH/c11-9-1-3-10(4-2-9)16(14,15)13-7-5-12-6-8-13;/h1-4,12H,5-8H2;1H. The third-order valence-electron chi connectivity index (χ3n) is 2.53. The Balaban J connectivity index is 0.00000144. The average molecular weight is 297 g/mol. The molecule has 0 aromatic heterocycles. The first-order chi connectivity index (χ1) is 7.60. The monoisotopic (exact) mass is 296 g/mol. The summed E-state index contributed by atoms with van der Waals surface area (Å²) >= 11 is 5.73. The number of halogens is 2. The zero-order valence-corrected chi connectivity index (χ0v) is 11.5. The fourth-order valence-electron chi connectivity index (χ4n) is 1.64. The van der Waals surface area contributed by atoms with Crippen molar-refractivity contribution in [2.24, 2.45) is 0 Å². The molecule has 0 atom stereocenters. The Bertz CT molecular complexity index is 456. The minimum absolute atomic E-state index is 0. The molecule has 1 aliphatic heterocycles. The van der Waals surface area contributed by atoms with Crippen molar-refractivity contribution in [1.82, 2.24) is 9.62 Å². The van der Waals surface area contributed by atoms with E-state index in [4.69, 9.17) is 11.6 Å². The summed E-state index contributed by atoms with van der Waals surface area (Å²) in [6.07, 6.45) is 0. The molecule has 7 heteroatoms. The number of nitrogens with one attached hydrogen (secondary N) is 1. The van der Waals surface area contributed by atoms with Crippen LogP contribution in [0.3, 0.4) is 0 Å². The van der Waals surface area contributed by atoms with Crippen LogP contribution < -0.4 is 5.32 Å². The summed E-state index contributed by atoms with van der Waals surface area (Å²) < 4.78 is 25.8. The van der Waals surface area contributed by atoms with Crippen molar-refractivity contribution >= 4 is 34.0 Å². The summed E-state index contributed by atoms with van der Waals surface area (Å²) in [5, 5.41) is 3.66. The Morgan fingerprint density at radius 3 is 2.18 bits per heavy atom. The highest BCUT2D eigenvalue weighted by Gasteiger charge is 2.25. The van der Waals surface area contributed by atoms with Gasteiger partial charge in [-0.2, -0.15) is 4.31 Å². The van der Waals surface area contributed by atoms with E-state index in [0.29, 0.717) is 36.1 Å². The zero-order chi connectivity index (χ0) is 11.6. The molecule has 4 nitrogen and oxygen atoms in total. The van der Waals surface area contributed by atoms with Crippen molar-refractivity contribution in [3.63, 3.8) is 0 Å². The highest BCUT2D eigenvalue weighted by molar-refractivity contribution is 7.89. The van der Waals surface area contributed by atoms with Gasteiger partial charge in [0.05, 0.1) is 4.90 Å². The van der Waals surface area contributed by atoms with Crippen LogP contribution in [0, 0.1) is 0 Å². The smallest absolute Gasteiger partial charge is 0.243 e. The van der Waals surface area contributed by atoms with E-state index in [1.165, 1.54) is 4.31 Å². The van der Waals surface area contributed by atoms with E-state index in [-0.39, 0.29) is 12.4 Å². The summed E-state index contributed by atoms with van der Waals surface area (Å²) in [5.41, 5.74) is 0. The van der Waals surface area contributed by atoms with Crippen LogP contribution in [0.5, 0.6) is 0 Å².